The number of nitrogens with two attached hydrogens (primary N) is 2. The van der Waals surface area contributed by atoms with Crippen LogP contribution in [0.15, 0.2) is 36.8 Å². The van der Waals surface area contributed by atoms with E-state index in [9.17, 15) is 9.90 Å². The molecule has 0 unspecified atom stereocenters. The van der Waals surface area contributed by atoms with Crippen molar-refractivity contribution in [2.75, 3.05) is 19.6 Å². The van der Waals surface area contributed by atoms with E-state index in [-0.39, 0.29) is 18.5 Å². The maximum absolute atomic E-state index is 10.8. The number of carbonyl (C=O) groups excluding carboxylic acids is 1. The molecule has 4 rings (SSSR count). The van der Waals surface area contributed by atoms with Crippen LogP contribution in [0.1, 0.15) is 44.2 Å². The quantitative estimate of drug-likeness (QED) is 0.708. The van der Waals surface area contributed by atoms with Crippen molar-refractivity contribution in [3.63, 3.8) is 0 Å². The zero-order chi connectivity index (χ0) is 20.7. The predicted molar refractivity (Wildman–Crippen MR) is 110 cm³/mol. The number of rotatable bonds is 3. The Hall–Kier alpha value is -2.42. The first-order valence-corrected chi connectivity index (χ1v) is 10.2. The SMILES string of the molecule is NC1CCC(O)(c2ccc(-c3ncccn3)cn2)CC1.NCC(=O)N1CCCC1. The highest BCUT2D eigenvalue weighted by Gasteiger charge is 2.34. The van der Waals surface area contributed by atoms with Crippen LogP contribution < -0.4 is 11.5 Å². The smallest absolute Gasteiger partial charge is 0.236 e. The summed E-state index contributed by atoms with van der Waals surface area (Å²) >= 11 is 0. The summed E-state index contributed by atoms with van der Waals surface area (Å²) in [6.45, 7) is 1.99. The van der Waals surface area contributed by atoms with Crippen molar-refractivity contribution in [2.24, 2.45) is 11.5 Å². The van der Waals surface area contributed by atoms with Crippen LogP contribution in [0.3, 0.4) is 0 Å². The van der Waals surface area contributed by atoms with Gasteiger partial charge in [0.15, 0.2) is 5.82 Å². The van der Waals surface area contributed by atoms with Gasteiger partial charge in [-0.2, -0.15) is 0 Å². The summed E-state index contributed by atoms with van der Waals surface area (Å²) in [4.78, 5) is 25.4. The Morgan fingerprint density at radius 1 is 1.14 bits per heavy atom. The summed E-state index contributed by atoms with van der Waals surface area (Å²) in [5.41, 5.74) is 11.8. The van der Waals surface area contributed by atoms with Gasteiger partial charge in [-0.1, -0.05) is 0 Å². The van der Waals surface area contributed by atoms with E-state index in [2.05, 4.69) is 15.0 Å². The summed E-state index contributed by atoms with van der Waals surface area (Å²) in [6.07, 6.45) is 10.4. The average Bonchev–Trinajstić information content (AvgIpc) is 3.32. The molecule has 8 heteroatoms. The molecule has 156 valence electrons. The van der Waals surface area contributed by atoms with Crippen LogP contribution in [0, 0.1) is 0 Å². The Labute approximate surface area is 171 Å². The van der Waals surface area contributed by atoms with E-state index in [1.54, 1.807) is 24.7 Å². The van der Waals surface area contributed by atoms with E-state index in [1.807, 2.05) is 17.0 Å². The maximum Gasteiger partial charge on any atom is 0.236 e. The van der Waals surface area contributed by atoms with Gasteiger partial charge in [0.1, 0.15) is 5.60 Å². The van der Waals surface area contributed by atoms with Gasteiger partial charge >= 0.3 is 0 Å². The van der Waals surface area contributed by atoms with E-state index in [0.29, 0.717) is 24.4 Å². The molecule has 29 heavy (non-hydrogen) atoms. The highest BCUT2D eigenvalue weighted by atomic mass is 16.3. The van der Waals surface area contributed by atoms with E-state index in [1.165, 1.54) is 0 Å². The van der Waals surface area contributed by atoms with Gasteiger partial charge in [0.2, 0.25) is 5.91 Å². The number of nitrogens with zero attached hydrogens (tertiary/aromatic N) is 4. The van der Waals surface area contributed by atoms with Gasteiger partial charge in [-0.25, -0.2) is 9.97 Å². The molecule has 0 spiro atoms. The summed E-state index contributed by atoms with van der Waals surface area (Å²) in [6, 6.07) is 5.75. The fraction of sp³-hybridized carbons (Fsp3) is 0.524. The average molecular weight is 399 g/mol. The van der Waals surface area contributed by atoms with Gasteiger partial charge < -0.3 is 21.5 Å². The molecule has 2 fully saturated rings. The third-order valence-electron chi connectivity index (χ3n) is 5.56. The number of aromatic nitrogens is 3. The number of likely N-dealkylation sites (tertiary alicyclic amines) is 1. The van der Waals surface area contributed by atoms with E-state index < -0.39 is 5.60 Å². The molecule has 2 aromatic heterocycles. The molecular weight excluding hydrogens is 368 g/mol. The van der Waals surface area contributed by atoms with Crippen molar-refractivity contribution in [1.29, 1.82) is 0 Å². The fourth-order valence-electron chi connectivity index (χ4n) is 3.72. The van der Waals surface area contributed by atoms with Crippen LogP contribution in [-0.2, 0) is 10.4 Å². The normalized spacial score (nSPS) is 24.0. The molecule has 0 bridgehead atoms. The number of amides is 1. The second-order valence-corrected chi connectivity index (χ2v) is 7.67. The number of aliphatic hydroxyl groups is 1. The molecule has 8 nitrogen and oxygen atoms in total. The minimum absolute atomic E-state index is 0.0903. The van der Waals surface area contributed by atoms with Gasteiger partial charge in [-0.05, 0) is 56.7 Å². The lowest BCUT2D eigenvalue weighted by molar-refractivity contribution is -0.128. The van der Waals surface area contributed by atoms with E-state index >= 15 is 0 Å². The van der Waals surface area contributed by atoms with Crippen LogP contribution >= 0.6 is 0 Å². The molecule has 1 saturated heterocycles. The zero-order valence-corrected chi connectivity index (χ0v) is 16.7. The monoisotopic (exact) mass is 398 g/mol. The fourth-order valence-corrected chi connectivity index (χ4v) is 3.72. The standard InChI is InChI=1S/C15H18N4O.C6H12N2O/c16-12-4-6-15(20,7-5-12)13-3-2-11(10-19-13)14-17-8-1-9-18-14;7-5-6(9)8-3-1-2-4-8/h1-3,8-10,12,20H,4-7,16H2;1-5,7H2. The van der Waals surface area contributed by atoms with Gasteiger partial charge in [0.25, 0.3) is 0 Å². The van der Waals surface area contributed by atoms with Crippen LogP contribution in [-0.4, -0.2) is 56.5 Å². The maximum atomic E-state index is 10.8. The number of pyridine rings is 1. The highest BCUT2D eigenvalue weighted by Crippen LogP contribution is 2.35. The lowest BCUT2D eigenvalue weighted by atomic mass is 9.80. The van der Waals surface area contributed by atoms with Gasteiger partial charge in [0.05, 0.1) is 12.2 Å². The third kappa shape index (κ3) is 5.56. The summed E-state index contributed by atoms with van der Waals surface area (Å²) in [7, 11) is 0. The second kappa shape index (κ2) is 9.87. The lowest BCUT2D eigenvalue weighted by Crippen LogP contribution is -2.37. The number of hydrogen-bond donors (Lipinski definition) is 3. The Bertz CT molecular complexity index is 770. The summed E-state index contributed by atoms with van der Waals surface area (Å²) in [5, 5.41) is 10.7. The molecule has 3 heterocycles. The second-order valence-electron chi connectivity index (χ2n) is 7.67. The first-order valence-electron chi connectivity index (χ1n) is 10.2. The Morgan fingerprint density at radius 2 is 1.79 bits per heavy atom. The molecule has 0 radical (unpaired) electrons. The molecule has 1 aliphatic heterocycles. The molecular formula is C21H30N6O2. The Kier molecular flexibility index (Phi) is 7.24. The van der Waals surface area contributed by atoms with Crippen LogP contribution in [0.2, 0.25) is 0 Å². The van der Waals surface area contributed by atoms with Crippen molar-refractivity contribution in [3.05, 3.63) is 42.5 Å². The zero-order valence-electron chi connectivity index (χ0n) is 16.7. The van der Waals surface area contributed by atoms with Crippen LogP contribution in [0.25, 0.3) is 11.4 Å². The third-order valence-corrected chi connectivity index (χ3v) is 5.56. The molecule has 1 amide bonds. The lowest BCUT2D eigenvalue weighted by Gasteiger charge is -2.34. The first kappa shape index (κ1) is 21.3. The minimum Gasteiger partial charge on any atom is -0.384 e. The number of carbonyl (C=O) groups is 1. The van der Waals surface area contributed by atoms with Crippen LogP contribution in [0.5, 0.6) is 0 Å². The molecule has 2 aromatic rings. The largest absolute Gasteiger partial charge is 0.384 e. The molecule has 0 aromatic carbocycles. The van der Waals surface area contributed by atoms with Gasteiger partial charge in [-0.15, -0.1) is 0 Å². The number of hydrogen-bond acceptors (Lipinski definition) is 7. The predicted octanol–water partition coefficient (Wildman–Crippen LogP) is 1.19. The minimum atomic E-state index is -0.841. The molecule has 0 atom stereocenters. The first-order chi connectivity index (χ1) is 14.0. The molecule has 5 N–H and O–H groups in total. The van der Waals surface area contributed by atoms with Crippen molar-refractivity contribution in [3.8, 4) is 11.4 Å². The van der Waals surface area contributed by atoms with Gasteiger partial charge in [0, 0.05) is 43.3 Å². The Morgan fingerprint density at radius 3 is 2.34 bits per heavy atom. The Balaban J connectivity index is 0.000000224. The molecule has 2 aliphatic rings. The van der Waals surface area contributed by atoms with E-state index in [0.717, 1.165) is 44.3 Å². The highest BCUT2D eigenvalue weighted by molar-refractivity contribution is 5.78. The van der Waals surface area contributed by atoms with Crippen LogP contribution in [0.4, 0.5) is 0 Å². The molecule has 1 saturated carbocycles. The molecule has 1 aliphatic carbocycles. The van der Waals surface area contributed by atoms with Crippen molar-refractivity contribution in [2.45, 2.75) is 50.2 Å². The summed E-state index contributed by atoms with van der Waals surface area (Å²) in [5.74, 6) is 0.733. The van der Waals surface area contributed by atoms with Gasteiger partial charge in [-0.3, -0.25) is 9.78 Å². The topological polar surface area (TPSA) is 131 Å². The summed E-state index contributed by atoms with van der Waals surface area (Å²) < 4.78 is 0. The van der Waals surface area contributed by atoms with Crippen molar-refractivity contribution < 1.29 is 9.90 Å². The van der Waals surface area contributed by atoms with E-state index in [4.69, 9.17) is 11.5 Å². The van der Waals surface area contributed by atoms with Crippen molar-refractivity contribution >= 4 is 5.91 Å². The van der Waals surface area contributed by atoms with Crippen molar-refractivity contribution in [1.82, 2.24) is 19.9 Å².